The van der Waals surface area contributed by atoms with Crippen molar-refractivity contribution in [3.8, 4) is 22.5 Å². The summed E-state index contributed by atoms with van der Waals surface area (Å²) in [5, 5.41) is 33.5. The first-order chi connectivity index (χ1) is 15.7. The maximum Gasteiger partial charge on any atom is 0.151 e. The average molecular weight is 446 g/mol. The Balaban J connectivity index is 1.44. The summed E-state index contributed by atoms with van der Waals surface area (Å²) in [6.45, 7) is 0.281. The lowest BCUT2D eigenvalue weighted by Gasteiger charge is -2.25. The molecule has 4 aromatic rings. The van der Waals surface area contributed by atoms with Gasteiger partial charge in [0.2, 0.25) is 0 Å². The number of nitrogens with zero attached hydrogens (tertiary/aromatic N) is 6. The minimum atomic E-state index is 0.281. The molecule has 2 N–H and O–H groups in total. The van der Waals surface area contributed by atoms with Gasteiger partial charge in [0.1, 0.15) is 22.5 Å². The molecule has 162 valence electrons. The Morgan fingerprint density at radius 1 is 1.19 bits per heavy atom. The Morgan fingerprint density at radius 2 is 2.03 bits per heavy atom. The highest BCUT2D eigenvalue weighted by atomic mass is 32.1. The number of hydrogen-bond acceptors (Lipinski definition) is 8. The van der Waals surface area contributed by atoms with Crippen LogP contribution in [-0.4, -0.2) is 43.5 Å². The number of aliphatic hydroxyl groups is 1. The van der Waals surface area contributed by atoms with Crippen molar-refractivity contribution in [3.05, 3.63) is 47.4 Å². The summed E-state index contributed by atoms with van der Waals surface area (Å²) in [5.74, 6) is 1.58. The van der Waals surface area contributed by atoms with Crippen LogP contribution >= 0.6 is 11.3 Å². The molecule has 1 aliphatic carbocycles. The van der Waals surface area contributed by atoms with Crippen LogP contribution in [0.5, 0.6) is 0 Å². The lowest BCUT2D eigenvalue weighted by molar-refractivity contribution is 0.182. The number of nitriles is 1. The van der Waals surface area contributed by atoms with Crippen LogP contribution in [0.2, 0.25) is 0 Å². The van der Waals surface area contributed by atoms with Crippen LogP contribution < -0.4 is 5.32 Å². The minimum Gasteiger partial charge on any atom is -0.396 e. The number of aliphatic hydroxyl groups excluding tert-OH is 1. The molecule has 4 heterocycles. The fraction of sp³-hybridized carbons (Fsp3) is 0.348. The predicted molar refractivity (Wildman–Crippen MR) is 124 cm³/mol. The number of nitrogens with one attached hydrogen (secondary N) is 1. The van der Waals surface area contributed by atoms with E-state index in [4.69, 9.17) is 5.26 Å². The minimum absolute atomic E-state index is 0.281. The molecule has 0 aliphatic heterocycles. The Hall–Kier alpha value is -3.35. The molecule has 0 aromatic carbocycles. The topological polar surface area (TPSA) is 113 Å². The van der Waals surface area contributed by atoms with E-state index in [2.05, 4.69) is 31.6 Å². The summed E-state index contributed by atoms with van der Waals surface area (Å²) in [5.41, 5.74) is 3.12. The van der Waals surface area contributed by atoms with Gasteiger partial charge < -0.3 is 10.4 Å². The number of hydrogen-bond donors (Lipinski definition) is 2. The van der Waals surface area contributed by atoms with Gasteiger partial charge in [0, 0.05) is 55.3 Å². The second-order valence-corrected chi connectivity index (χ2v) is 9.13. The molecule has 1 fully saturated rings. The first-order valence-corrected chi connectivity index (χ1v) is 11.5. The molecular formula is C23H23N7OS. The normalized spacial score (nSPS) is 18.5. The largest absolute Gasteiger partial charge is 0.396 e. The van der Waals surface area contributed by atoms with Gasteiger partial charge in [-0.25, -0.2) is 9.97 Å². The zero-order chi connectivity index (χ0) is 22.1. The van der Waals surface area contributed by atoms with E-state index in [1.807, 2.05) is 42.2 Å². The van der Waals surface area contributed by atoms with Crippen molar-refractivity contribution in [1.82, 2.24) is 24.7 Å². The van der Waals surface area contributed by atoms with Crippen molar-refractivity contribution in [2.45, 2.75) is 31.6 Å². The molecule has 0 saturated heterocycles. The second kappa shape index (κ2) is 8.65. The lowest BCUT2D eigenvalue weighted by atomic mass is 9.83. The van der Waals surface area contributed by atoms with Crippen LogP contribution in [0.15, 0.2) is 36.8 Å². The zero-order valence-electron chi connectivity index (χ0n) is 17.7. The van der Waals surface area contributed by atoms with Gasteiger partial charge in [0.15, 0.2) is 5.01 Å². The van der Waals surface area contributed by atoms with Crippen LogP contribution in [0.25, 0.3) is 27.4 Å². The van der Waals surface area contributed by atoms with Crippen molar-refractivity contribution in [1.29, 1.82) is 5.26 Å². The van der Waals surface area contributed by atoms with E-state index in [1.165, 1.54) is 0 Å². The van der Waals surface area contributed by atoms with Gasteiger partial charge >= 0.3 is 0 Å². The standard InChI is InChI=1S/C23H23N7OS/c1-25-19-9-20(30-7-6-17-8-15(10-24)11-27-21(17)30)26-12-18(19)23-29-28-22(32-23)16-4-2-14(13-31)3-5-16/h6-9,11-12,14,16,31H,2-5,13H2,1H3,(H,25,26). The van der Waals surface area contributed by atoms with E-state index >= 15 is 0 Å². The van der Waals surface area contributed by atoms with E-state index in [0.717, 1.165) is 63.8 Å². The summed E-state index contributed by atoms with van der Waals surface area (Å²) in [6, 6.07) is 7.85. The molecule has 32 heavy (non-hydrogen) atoms. The van der Waals surface area contributed by atoms with Gasteiger partial charge in [-0.3, -0.25) is 4.57 Å². The molecule has 0 unspecified atom stereocenters. The number of anilines is 1. The zero-order valence-corrected chi connectivity index (χ0v) is 18.5. The number of rotatable bonds is 5. The van der Waals surface area contributed by atoms with E-state index in [9.17, 15) is 5.11 Å². The third-order valence-electron chi connectivity index (χ3n) is 6.19. The molecule has 0 amide bonds. The molecule has 0 radical (unpaired) electrons. The molecule has 8 nitrogen and oxygen atoms in total. The molecule has 9 heteroatoms. The van der Waals surface area contributed by atoms with Gasteiger partial charge in [0.05, 0.1) is 11.1 Å². The first-order valence-electron chi connectivity index (χ1n) is 10.7. The quantitative estimate of drug-likeness (QED) is 0.475. The van der Waals surface area contributed by atoms with Crippen LogP contribution in [0.1, 0.15) is 42.2 Å². The SMILES string of the molecule is CNc1cc(-n2ccc3cc(C#N)cnc32)ncc1-c1nnc(C2CCC(CO)CC2)s1. The molecule has 4 aromatic heterocycles. The molecule has 1 aliphatic rings. The van der Waals surface area contributed by atoms with Gasteiger partial charge in [-0.05, 0) is 43.7 Å². The third kappa shape index (κ3) is 3.72. The highest BCUT2D eigenvalue weighted by Crippen LogP contribution is 2.39. The molecule has 0 bridgehead atoms. The van der Waals surface area contributed by atoms with Crippen LogP contribution in [0, 0.1) is 17.2 Å². The summed E-state index contributed by atoms with van der Waals surface area (Å²) in [7, 11) is 1.88. The molecule has 0 spiro atoms. The lowest BCUT2D eigenvalue weighted by Crippen LogP contribution is -2.15. The van der Waals surface area contributed by atoms with Crippen LogP contribution in [0.3, 0.4) is 0 Å². The highest BCUT2D eigenvalue weighted by Gasteiger charge is 2.25. The Morgan fingerprint density at radius 3 is 2.78 bits per heavy atom. The number of aromatic nitrogens is 5. The molecule has 1 saturated carbocycles. The summed E-state index contributed by atoms with van der Waals surface area (Å²) in [6.07, 6.45) is 9.50. The molecular weight excluding hydrogens is 422 g/mol. The van der Waals surface area contributed by atoms with Gasteiger partial charge in [-0.1, -0.05) is 11.3 Å². The van der Waals surface area contributed by atoms with Crippen molar-refractivity contribution in [2.75, 3.05) is 19.0 Å². The maximum absolute atomic E-state index is 9.37. The van der Waals surface area contributed by atoms with Crippen molar-refractivity contribution < 1.29 is 5.11 Å². The highest BCUT2D eigenvalue weighted by molar-refractivity contribution is 7.14. The van der Waals surface area contributed by atoms with Gasteiger partial charge in [0.25, 0.3) is 0 Å². The van der Waals surface area contributed by atoms with Gasteiger partial charge in [-0.2, -0.15) is 5.26 Å². The summed E-state index contributed by atoms with van der Waals surface area (Å²) < 4.78 is 1.91. The maximum atomic E-state index is 9.37. The summed E-state index contributed by atoms with van der Waals surface area (Å²) in [4.78, 5) is 9.11. The fourth-order valence-electron chi connectivity index (χ4n) is 4.32. The predicted octanol–water partition coefficient (Wildman–Crippen LogP) is 4.12. The number of fused-ring (bicyclic) bond motifs is 1. The fourth-order valence-corrected chi connectivity index (χ4v) is 5.36. The third-order valence-corrected chi connectivity index (χ3v) is 7.31. The van der Waals surface area contributed by atoms with Gasteiger partial charge in [-0.15, -0.1) is 10.2 Å². The molecule has 5 rings (SSSR count). The Labute approximate surface area is 189 Å². The van der Waals surface area contributed by atoms with Crippen LogP contribution in [-0.2, 0) is 0 Å². The van der Waals surface area contributed by atoms with E-state index in [0.29, 0.717) is 17.4 Å². The van der Waals surface area contributed by atoms with E-state index in [1.54, 1.807) is 17.5 Å². The van der Waals surface area contributed by atoms with Crippen LogP contribution in [0.4, 0.5) is 5.69 Å². The van der Waals surface area contributed by atoms with E-state index in [-0.39, 0.29) is 6.61 Å². The Kier molecular flexibility index (Phi) is 5.55. The monoisotopic (exact) mass is 445 g/mol. The van der Waals surface area contributed by atoms with E-state index < -0.39 is 0 Å². The summed E-state index contributed by atoms with van der Waals surface area (Å²) >= 11 is 1.63. The van der Waals surface area contributed by atoms with Crippen molar-refractivity contribution >= 4 is 28.1 Å². The Bertz CT molecular complexity index is 1300. The van der Waals surface area contributed by atoms with Crippen molar-refractivity contribution in [2.24, 2.45) is 5.92 Å². The smallest absolute Gasteiger partial charge is 0.151 e. The second-order valence-electron chi connectivity index (χ2n) is 8.12. The first kappa shape index (κ1) is 20.5. The number of pyridine rings is 2. The molecule has 0 atom stereocenters. The van der Waals surface area contributed by atoms with Crippen molar-refractivity contribution in [3.63, 3.8) is 0 Å². The average Bonchev–Trinajstić information content (AvgIpc) is 3.51.